The summed E-state index contributed by atoms with van der Waals surface area (Å²) in [6.07, 6.45) is -0.265. The number of nitrogens with zero attached hydrogens (tertiary/aromatic N) is 1. The van der Waals surface area contributed by atoms with Crippen molar-refractivity contribution < 1.29 is 23.1 Å². The Morgan fingerprint density at radius 2 is 1.93 bits per heavy atom. The molecule has 3 rings (SSSR count). The smallest absolute Gasteiger partial charge is 0.254 e. The second kappa shape index (κ2) is 7.40. The zero-order valence-corrected chi connectivity index (χ0v) is 16.6. The number of nitrogens with two attached hydrogens (primary N) is 1. The first-order valence-electron chi connectivity index (χ1n) is 8.30. The molecule has 3 N–H and O–H groups in total. The molecular formula is C19H18F3IN2O2. The number of rotatable bonds is 4. The minimum absolute atomic E-state index is 0.000170. The number of likely N-dealkylation sites (tertiary alicyclic amines) is 1. The normalized spacial score (nSPS) is 16.8. The second-order valence-corrected chi connectivity index (χ2v) is 8.10. The maximum absolute atomic E-state index is 14.4. The molecule has 1 aliphatic rings. The molecule has 1 amide bonds. The van der Waals surface area contributed by atoms with E-state index in [2.05, 4.69) is 0 Å². The van der Waals surface area contributed by atoms with Gasteiger partial charge < -0.3 is 15.7 Å². The lowest BCUT2D eigenvalue weighted by molar-refractivity contribution is -0.0931. The zero-order chi connectivity index (χ0) is 19.9. The fraction of sp³-hybridized carbons (Fsp3) is 0.316. The zero-order valence-electron chi connectivity index (χ0n) is 14.5. The number of benzene rings is 2. The number of amides is 1. The molecule has 0 bridgehead atoms. The Balaban J connectivity index is 1.93. The third kappa shape index (κ3) is 3.83. The van der Waals surface area contributed by atoms with Crippen LogP contribution in [0.3, 0.4) is 0 Å². The van der Waals surface area contributed by atoms with Crippen LogP contribution in [0, 0.1) is 21.0 Å². The SMILES string of the molecule is C[C@H](N)C1(O)CN(C(=O)c2ccc(F)c(F)c2Cc2ccc(I)cc2F)C1. The summed E-state index contributed by atoms with van der Waals surface area (Å²) in [7, 11) is 0. The summed E-state index contributed by atoms with van der Waals surface area (Å²) in [6.45, 7) is 1.63. The first-order valence-corrected chi connectivity index (χ1v) is 9.38. The topological polar surface area (TPSA) is 66.6 Å². The van der Waals surface area contributed by atoms with E-state index in [0.717, 1.165) is 6.07 Å². The summed E-state index contributed by atoms with van der Waals surface area (Å²) in [5.41, 5.74) is 4.39. The Morgan fingerprint density at radius 1 is 1.26 bits per heavy atom. The van der Waals surface area contributed by atoms with Gasteiger partial charge in [-0.1, -0.05) is 6.07 Å². The fourth-order valence-corrected chi connectivity index (χ4v) is 3.49. The third-order valence-corrected chi connectivity index (χ3v) is 5.54. The van der Waals surface area contributed by atoms with Crippen molar-refractivity contribution in [1.29, 1.82) is 0 Å². The molecular weight excluding hydrogens is 472 g/mol. The van der Waals surface area contributed by atoms with Crippen molar-refractivity contribution in [2.75, 3.05) is 13.1 Å². The average Bonchev–Trinajstić information content (AvgIpc) is 2.57. The van der Waals surface area contributed by atoms with Gasteiger partial charge in [-0.05, 0) is 59.3 Å². The molecule has 8 heteroatoms. The minimum atomic E-state index is -1.20. The van der Waals surface area contributed by atoms with Crippen molar-refractivity contribution >= 4 is 28.5 Å². The molecule has 4 nitrogen and oxygen atoms in total. The van der Waals surface area contributed by atoms with E-state index in [1.54, 1.807) is 13.0 Å². The van der Waals surface area contributed by atoms with Crippen LogP contribution in [0.25, 0.3) is 0 Å². The van der Waals surface area contributed by atoms with Gasteiger partial charge in [0, 0.05) is 27.2 Å². The van der Waals surface area contributed by atoms with E-state index in [9.17, 15) is 23.1 Å². The van der Waals surface area contributed by atoms with E-state index in [1.807, 2.05) is 22.6 Å². The van der Waals surface area contributed by atoms with Gasteiger partial charge >= 0.3 is 0 Å². The van der Waals surface area contributed by atoms with Crippen LogP contribution in [0.1, 0.15) is 28.4 Å². The molecule has 1 atom stereocenters. The molecule has 1 fully saturated rings. The van der Waals surface area contributed by atoms with E-state index in [0.29, 0.717) is 3.57 Å². The molecule has 2 aromatic rings. The summed E-state index contributed by atoms with van der Waals surface area (Å²) in [4.78, 5) is 14.1. The van der Waals surface area contributed by atoms with Crippen LogP contribution in [0.15, 0.2) is 30.3 Å². The van der Waals surface area contributed by atoms with Crippen LogP contribution in [0.2, 0.25) is 0 Å². The molecule has 0 radical (unpaired) electrons. The molecule has 2 aromatic carbocycles. The number of hydrogen-bond acceptors (Lipinski definition) is 3. The van der Waals surface area contributed by atoms with Crippen LogP contribution in [-0.4, -0.2) is 40.6 Å². The molecule has 0 aliphatic carbocycles. The summed E-state index contributed by atoms with van der Waals surface area (Å²) >= 11 is 1.94. The summed E-state index contributed by atoms with van der Waals surface area (Å²) in [5.74, 6) is -3.40. The molecule has 1 saturated heterocycles. The highest BCUT2D eigenvalue weighted by Crippen LogP contribution is 2.29. The Hall–Kier alpha value is -1.65. The maximum Gasteiger partial charge on any atom is 0.254 e. The monoisotopic (exact) mass is 490 g/mol. The van der Waals surface area contributed by atoms with E-state index in [-0.39, 0.29) is 36.2 Å². The quantitative estimate of drug-likeness (QED) is 0.649. The molecule has 144 valence electrons. The lowest BCUT2D eigenvalue weighted by atomic mass is 9.86. The van der Waals surface area contributed by atoms with Crippen LogP contribution < -0.4 is 5.73 Å². The third-order valence-electron chi connectivity index (χ3n) is 4.87. The molecule has 27 heavy (non-hydrogen) atoms. The van der Waals surface area contributed by atoms with Gasteiger partial charge in [-0.3, -0.25) is 4.79 Å². The maximum atomic E-state index is 14.4. The van der Waals surface area contributed by atoms with Gasteiger partial charge in [-0.25, -0.2) is 13.2 Å². The lowest BCUT2D eigenvalue weighted by Gasteiger charge is -2.48. The predicted octanol–water partition coefficient (Wildman–Crippen LogP) is 2.83. The first-order chi connectivity index (χ1) is 12.6. The molecule has 1 heterocycles. The second-order valence-electron chi connectivity index (χ2n) is 6.85. The van der Waals surface area contributed by atoms with Crippen LogP contribution in [-0.2, 0) is 6.42 Å². The van der Waals surface area contributed by atoms with Crippen molar-refractivity contribution in [2.45, 2.75) is 25.0 Å². The van der Waals surface area contributed by atoms with Gasteiger partial charge in [0.15, 0.2) is 11.6 Å². The first kappa shape index (κ1) is 20.1. The number of hydrogen-bond donors (Lipinski definition) is 2. The van der Waals surface area contributed by atoms with Crippen molar-refractivity contribution in [1.82, 2.24) is 4.90 Å². The number of carbonyl (C=O) groups excluding carboxylic acids is 1. The summed E-state index contributed by atoms with van der Waals surface area (Å²) in [5, 5.41) is 10.2. The summed E-state index contributed by atoms with van der Waals surface area (Å²) in [6, 6.07) is 5.93. The van der Waals surface area contributed by atoms with Crippen molar-refractivity contribution in [3.05, 3.63) is 68.0 Å². The van der Waals surface area contributed by atoms with Gasteiger partial charge in [0.25, 0.3) is 5.91 Å². The molecule has 0 aromatic heterocycles. The van der Waals surface area contributed by atoms with Gasteiger partial charge in [0.1, 0.15) is 11.4 Å². The van der Waals surface area contributed by atoms with E-state index in [4.69, 9.17) is 5.73 Å². The Morgan fingerprint density at radius 3 is 2.52 bits per heavy atom. The van der Waals surface area contributed by atoms with Crippen LogP contribution in [0.4, 0.5) is 13.2 Å². The number of aliphatic hydroxyl groups is 1. The van der Waals surface area contributed by atoms with Crippen molar-refractivity contribution in [3.63, 3.8) is 0 Å². The standard InChI is InChI=1S/C19H18F3IN2O2/c1-10(24)19(27)8-25(9-19)18(26)13-4-5-15(20)17(22)14(13)6-11-2-3-12(23)7-16(11)21/h2-5,7,10,27H,6,8-9,24H2,1H3/t10-/m0/s1. The Bertz CT molecular complexity index is 899. The molecule has 0 spiro atoms. The molecule has 1 aliphatic heterocycles. The van der Waals surface area contributed by atoms with E-state index >= 15 is 0 Å². The lowest BCUT2D eigenvalue weighted by Crippen LogP contribution is -2.70. The van der Waals surface area contributed by atoms with Crippen molar-refractivity contribution in [2.24, 2.45) is 5.73 Å². The highest BCUT2D eigenvalue weighted by molar-refractivity contribution is 14.1. The average molecular weight is 490 g/mol. The highest BCUT2D eigenvalue weighted by atomic mass is 127. The van der Waals surface area contributed by atoms with Crippen LogP contribution >= 0.6 is 22.6 Å². The Kier molecular flexibility index (Phi) is 5.51. The number of β-amino-alcohol motifs (C(OH)–C–C–N with tert-alkyl or cyclic N) is 1. The van der Waals surface area contributed by atoms with Gasteiger partial charge in [-0.15, -0.1) is 0 Å². The van der Waals surface area contributed by atoms with E-state index < -0.39 is 35.0 Å². The highest BCUT2D eigenvalue weighted by Gasteiger charge is 2.46. The fourth-order valence-electron chi connectivity index (χ4n) is 3.04. The Labute approximate surface area is 168 Å². The van der Waals surface area contributed by atoms with Gasteiger partial charge in [0.05, 0.1) is 13.1 Å². The minimum Gasteiger partial charge on any atom is -0.385 e. The number of carbonyl (C=O) groups is 1. The largest absolute Gasteiger partial charge is 0.385 e. The van der Waals surface area contributed by atoms with Gasteiger partial charge in [0.2, 0.25) is 0 Å². The molecule has 0 saturated carbocycles. The van der Waals surface area contributed by atoms with E-state index in [1.165, 1.54) is 23.1 Å². The number of halogens is 4. The molecule has 0 unspecified atom stereocenters. The van der Waals surface area contributed by atoms with Crippen molar-refractivity contribution in [3.8, 4) is 0 Å². The summed E-state index contributed by atoms with van der Waals surface area (Å²) < 4.78 is 43.0. The predicted molar refractivity (Wildman–Crippen MR) is 103 cm³/mol. The van der Waals surface area contributed by atoms with Gasteiger partial charge in [-0.2, -0.15) is 0 Å². The van der Waals surface area contributed by atoms with Crippen LogP contribution in [0.5, 0.6) is 0 Å².